The molecular formula is C12H13NO3. The molecule has 1 aromatic carbocycles. The van der Waals surface area contributed by atoms with E-state index in [0.29, 0.717) is 13.2 Å². The van der Waals surface area contributed by atoms with Gasteiger partial charge >= 0.3 is 0 Å². The Labute approximate surface area is 93.9 Å². The van der Waals surface area contributed by atoms with Crippen molar-refractivity contribution < 1.29 is 14.3 Å². The Morgan fingerprint density at radius 3 is 3.25 bits per heavy atom. The second-order valence-corrected chi connectivity index (χ2v) is 3.67. The van der Waals surface area contributed by atoms with Crippen LogP contribution in [0.4, 0.5) is 0 Å². The lowest BCUT2D eigenvalue weighted by atomic mass is 9.93. The lowest BCUT2D eigenvalue weighted by molar-refractivity contribution is 0.267. The first kappa shape index (κ1) is 10.7. The Hall–Kier alpha value is -1.80. The first-order valence-corrected chi connectivity index (χ1v) is 5.19. The summed E-state index contributed by atoms with van der Waals surface area (Å²) in [6, 6.07) is 5.73. The van der Waals surface area contributed by atoms with Gasteiger partial charge in [0.25, 0.3) is 0 Å². The van der Waals surface area contributed by atoms with Gasteiger partial charge in [-0.05, 0) is 18.1 Å². The molecule has 84 valence electrons. The van der Waals surface area contributed by atoms with Gasteiger partial charge in [0.15, 0.2) is 0 Å². The Kier molecular flexibility index (Phi) is 3.22. The molecule has 0 spiro atoms. The van der Waals surface area contributed by atoms with Crippen molar-refractivity contribution >= 4 is 6.08 Å². The van der Waals surface area contributed by atoms with Gasteiger partial charge in [0.2, 0.25) is 6.08 Å². The van der Waals surface area contributed by atoms with Gasteiger partial charge in [-0.25, -0.2) is 9.79 Å². The first-order valence-electron chi connectivity index (χ1n) is 5.19. The first-order chi connectivity index (χ1) is 7.85. The average molecular weight is 219 g/mol. The summed E-state index contributed by atoms with van der Waals surface area (Å²) in [5.41, 5.74) is 1.09. The molecule has 0 N–H and O–H groups in total. The van der Waals surface area contributed by atoms with Gasteiger partial charge in [0.05, 0.1) is 20.3 Å². The molecule has 0 saturated heterocycles. The molecule has 1 aliphatic heterocycles. The molecule has 0 fully saturated rings. The molecule has 0 saturated carbocycles. The van der Waals surface area contributed by atoms with Gasteiger partial charge in [-0.3, -0.25) is 0 Å². The van der Waals surface area contributed by atoms with E-state index in [4.69, 9.17) is 9.47 Å². The fraction of sp³-hybridized carbons (Fsp3) is 0.417. The SMILES string of the molecule is COc1ccc2c(c1)OCCC2CN=C=O. The third kappa shape index (κ3) is 2.07. The maximum absolute atomic E-state index is 10.1. The van der Waals surface area contributed by atoms with Gasteiger partial charge < -0.3 is 9.47 Å². The van der Waals surface area contributed by atoms with E-state index in [1.807, 2.05) is 18.2 Å². The van der Waals surface area contributed by atoms with E-state index in [1.54, 1.807) is 13.2 Å². The quantitative estimate of drug-likeness (QED) is 0.576. The van der Waals surface area contributed by atoms with Crippen LogP contribution < -0.4 is 9.47 Å². The Bertz CT molecular complexity index is 424. The second-order valence-electron chi connectivity index (χ2n) is 3.67. The molecule has 0 aromatic heterocycles. The highest BCUT2D eigenvalue weighted by Gasteiger charge is 2.21. The van der Waals surface area contributed by atoms with Crippen LogP contribution in [0.5, 0.6) is 11.5 Å². The Balaban J connectivity index is 2.28. The molecule has 1 atom stereocenters. The predicted molar refractivity (Wildman–Crippen MR) is 58.8 cm³/mol. The zero-order valence-electron chi connectivity index (χ0n) is 9.10. The molecule has 1 unspecified atom stereocenters. The standard InChI is InChI=1S/C12H13NO3/c1-15-10-2-3-11-9(7-13-8-14)4-5-16-12(11)6-10/h2-3,6,9H,4-5,7H2,1H3. The molecule has 0 amide bonds. The zero-order valence-corrected chi connectivity index (χ0v) is 9.10. The number of fused-ring (bicyclic) bond motifs is 1. The number of hydrogen-bond donors (Lipinski definition) is 0. The van der Waals surface area contributed by atoms with Crippen LogP contribution in [-0.2, 0) is 4.79 Å². The molecule has 16 heavy (non-hydrogen) atoms. The molecule has 2 rings (SSSR count). The number of aliphatic imine (C=N–C) groups is 1. The van der Waals surface area contributed by atoms with E-state index in [9.17, 15) is 4.79 Å². The van der Waals surface area contributed by atoms with Crippen LogP contribution in [0, 0.1) is 0 Å². The molecule has 4 nitrogen and oxygen atoms in total. The maximum atomic E-state index is 10.1. The van der Waals surface area contributed by atoms with E-state index < -0.39 is 0 Å². The van der Waals surface area contributed by atoms with Crippen LogP contribution in [0.1, 0.15) is 17.9 Å². The highest BCUT2D eigenvalue weighted by atomic mass is 16.5. The topological polar surface area (TPSA) is 47.9 Å². The summed E-state index contributed by atoms with van der Waals surface area (Å²) in [4.78, 5) is 13.8. The van der Waals surface area contributed by atoms with Crippen LogP contribution >= 0.6 is 0 Å². The van der Waals surface area contributed by atoms with Gasteiger partial charge in [-0.1, -0.05) is 6.07 Å². The minimum atomic E-state index is 0.246. The number of hydrogen-bond acceptors (Lipinski definition) is 4. The van der Waals surface area contributed by atoms with Crippen molar-refractivity contribution in [2.24, 2.45) is 4.99 Å². The molecule has 0 bridgehead atoms. The third-order valence-electron chi connectivity index (χ3n) is 2.76. The van der Waals surface area contributed by atoms with Crippen molar-refractivity contribution in [3.63, 3.8) is 0 Å². The smallest absolute Gasteiger partial charge is 0.234 e. The summed E-state index contributed by atoms with van der Waals surface area (Å²) in [6.45, 7) is 1.13. The number of methoxy groups -OCH3 is 1. The van der Waals surface area contributed by atoms with E-state index >= 15 is 0 Å². The van der Waals surface area contributed by atoms with E-state index in [-0.39, 0.29) is 5.92 Å². The van der Waals surface area contributed by atoms with Gasteiger partial charge in [-0.15, -0.1) is 0 Å². The van der Waals surface area contributed by atoms with Gasteiger partial charge in [0, 0.05) is 12.0 Å². The van der Waals surface area contributed by atoms with Crippen molar-refractivity contribution in [3.05, 3.63) is 23.8 Å². The summed E-state index contributed by atoms with van der Waals surface area (Å²) in [6.07, 6.45) is 2.46. The molecular weight excluding hydrogens is 206 g/mol. The molecule has 0 radical (unpaired) electrons. The van der Waals surface area contributed by atoms with E-state index in [1.165, 1.54) is 0 Å². The summed E-state index contributed by atoms with van der Waals surface area (Å²) in [5.74, 6) is 1.85. The lowest BCUT2D eigenvalue weighted by Gasteiger charge is -2.24. The Morgan fingerprint density at radius 1 is 1.62 bits per heavy atom. The number of nitrogens with zero attached hydrogens (tertiary/aromatic N) is 1. The van der Waals surface area contributed by atoms with E-state index in [2.05, 4.69) is 4.99 Å². The lowest BCUT2D eigenvalue weighted by Crippen LogP contribution is -2.16. The monoisotopic (exact) mass is 219 g/mol. The molecule has 1 aliphatic rings. The number of carbonyl (C=O) groups excluding carboxylic acids is 1. The largest absolute Gasteiger partial charge is 0.497 e. The van der Waals surface area contributed by atoms with Crippen LogP contribution in [0.2, 0.25) is 0 Å². The minimum absolute atomic E-state index is 0.246. The van der Waals surface area contributed by atoms with E-state index in [0.717, 1.165) is 23.5 Å². The number of benzene rings is 1. The third-order valence-corrected chi connectivity index (χ3v) is 2.76. The maximum Gasteiger partial charge on any atom is 0.234 e. The number of isocyanates is 1. The van der Waals surface area contributed by atoms with Crippen LogP contribution in [0.3, 0.4) is 0 Å². The highest BCUT2D eigenvalue weighted by molar-refractivity contribution is 5.44. The van der Waals surface area contributed by atoms with Crippen molar-refractivity contribution in [2.75, 3.05) is 20.3 Å². The van der Waals surface area contributed by atoms with Crippen LogP contribution in [0.25, 0.3) is 0 Å². The minimum Gasteiger partial charge on any atom is -0.497 e. The van der Waals surface area contributed by atoms with Crippen molar-refractivity contribution in [2.45, 2.75) is 12.3 Å². The van der Waals surface area contributed by atoms with Gasteiger partial charge in [0.1, 0.15) is 11.5 Å². The molecule has 4 heteroatoms. The van der Waals surface area contributed by atoms with Crippen LogP contribution in [0.15, 0.2) is 23.2 Å². The fourth-order valence-electron chi connectivity index (χ4n) is 1.91. The normalized spacial score (nSPS) is 17.9. The predicted octanol–water partition coefficient (Wildman–Crippen LogP) is 1.90. The molecule has 0 aliphatic carbocycles. The average Bonchev–Trinajstić information content (AvgIpc) is 2.35. The fourth-order valence-corrected chi connectivity index (χ4v) is 1.91. The summed E-state index contributed by atoms with van der Waals surface area (Å²) in [7, 11) is 1.62. The number of ether oxygens (including phenoxy) is 2. The van der Waals surface area contributed by atoms with Gasteiger partial charge in [-0.2, -0.15) is 0 Å². The molecule has 1 aromatic rings. The Morgan fingerprint density at radius 2 is 2.50 bits per heavy atom. The molecule has 1 heterocycles. The van der Waals surface area contributed by atoms with Crippen LogP contribution in [-0.4, -0.2) is 26.3 Å². The van der Waals surface area contributed by atoms with Crippen molar-refractivity contribution in [1.82, 2.24) is 0 Å². The summed E-state index contributed by atoms with van der Waals surface area (Å²) >= 11 is 0. The van der Waals surface area contributed by atoms with Crippen molar-refractivity contribution in [3.8, 4) is 11.5 Å². The highest BCUT2D eigenvalue weighted by Crippen LogP contribution is 2.36. The second kappa shape index (κ2) is 4.81. The number of rotatable bonds is 3. The zero-order chi connectivity index (χ0) is 11.4. The summed E-state index contributed by atoms with van der Waals surface area (Å²) < 4.78 is 10.7. The van der Waals surface area contributed by atoms with Crippen molar-refractivity contribution in [1.29, 1.82) is 0 Å². The summed E-state index contributed by atoms with van der Waals surface area (Å²) in [5, 5.41) is 0.